The van der Waals surface area contributed by atoms with Crippen LogP contribution in [0.15, 0.2) is 115 Å². The van der Waals surface area contributed by atoms with Gasteiger partial charge in [0.25, 0.3) is 0 Å². The van der Waals surface area contributed by atoms with E-state index in [1.165, 1.54) is 28.1 Å². The third kappa shape index (κ3) is 6.63. The Hall–Kier alpha value is -4.51. The average Bonchev–Trinajstić information content (AvgIpc) is 3.65. The van der Waals surface area contributed by atoms with E-state index < -0.39 is 0 Å². The van der Waals surface area contributed by atoms with Crippen molar-refractivity contribution < 1.29 is 20.1 Å². The molecule has 0 unspecified atom stereocenters. The van der Waals surface area contributed by atoms with E-state index in [0.717, 1.165) is 47.1 Å². The van der Waals surface area contributed by atoms with Gasteiger partial charge in [-0.3, -0.25) is 0 Å². The molecule has 1 aromatic heterocycles. The maximum Gasteiger partial charge on any atom is 3.00 e. The molecule has 0 atom stereocenters. The minimum Gasteiger partial charge on any atom is -0.501 e. The number of anilines is 3. The first kappa shape index (κ1) is 31.9. The van der Waals surface area contributed by atoms with Gasteiger partial charge in [-0.05, 0) is 62.6 Å². The maximum atomic E-state index is 4.58. The van der Waals surface area contributed by atoms with Gasteiger partial charge in [0.15, 0.2) is 5.82 Å². The largest absolute Gasteiger partial charge is 3.00 e. The van der Waals surface area contributed by atoms with Crippen molar-refractivity contribution in [2.45, 2.75) is 34.1 Å². The summed E-state index contributed by atoms with van der Waals surface area (Å²) in [5.74, 6) is 1.66. The molecule has 0 fully saturated rings. The molecule has 0 spiro atoms. The second-order valence-electron chi connectivity index (χ2n) is 10.9. The van der Waals surface area contributed by atoms with Crippen molar-refractivity contribution in [3.8, 4) is 28.5 Å². The summed E-state index contributed by atoms with van der Waals surface area (Å²) in [4.78, 5) is 4.50. The van der Waals surface area contributed by atoms with Crippen LogP contribution in [0.3, 0.4) is 0 Å². The van der Waals surface area contributed by atoms with Crippen molar-refractivity contribution in [1.82, 2.24) is 14.8 Å². The molecule has 0 amide bonds. The molecule has 0 N–H and O–H groups in total. The van der Waals surface area contributed by atoms with Gasteiger partial charge in [-0.15, -0.1) is 46.7 Å². The van der Waals surface area contributed by atoms with Gasteiger partial charge >= 0.3 is 20.1 Å². The Morgan fingerprint density at radius 3 is 1.93 bits per heavy atom. The molecule has 2 heterocycles. The van der Waals surface area contributed by atoms with Crippen molar-refractivity contribution in [2.75, 3.05) is 16.3 Å². The molecule has 226 valence electrons. The second kappa shape index (κ2) is 14.5. The molecule has 5 aromatic carbocycles. The van der Waals surface area contributed by atoms with E-state index in [1.807, 2.05) is 54.6 Å². The van der Waals surface area contributed by atoms with E-state index in [1.54, 1.807) is 0 Å². The fraction of sp³-hybridized carbons (Fsp3) is 0.154. The Labute approximate surface area is 280 Å². The summed E-state index contributed by atoms with van der Waals surface area (Å²) < 4.78 is 2.17. The Morgan fingerprint density at radius 2 is 1.27 bits per heavy atom. The SMILES string of the molecule is CCCN1[CH-]N(c2[c-]cccc2)c2ccccc21.Cc1ccccc1-c1nnc(-c2[c-]cccc2)n1-c1c(C)cccc1C.[Ir+3]. The van der Waals surface area contributed by atoms with Crippen LogP contribution in [0.5, 0.6) is 0 Å². The number of para-hydroxylation sites is 4. The molecule has 0 aliphatic carbocycles. The van der Waals surface area contributed by atoms with E-state index in [9.17, 15) is 0 Å². The molecular weight excluding hydrogens is 731 g/mol. The van der Waals surface area contributed by atoms with E-state index in [2.05, 4.69) is 132 Å². The quantitative estimate of drug-likeness (QED) is 0.159. The molecule has 7 rings (SSSR count). The summed E-state index contributed by atoms with van der Waals surface area (Å²) in [6.07, 6.45) is 1.14. The summed E-state index contributed by atoms with van der Waals surface area (Å²) >= 11 is 0. The minimum absolute atomic E-state index is 0. The molecule has 0 saturated carbocycles. The number of hydrogen-bond acceptors (Lipinski definition) is 4. The van der Waals surface area contributed by atoms with Gasteiger partial charge < -0.3 is 14.4 Å². The molecule has 1 aliphatic heterocycles. The maximum absolute atomic E-state index is 4.58. The summed E-state index contributed by atoms with van der Waals surface area (Å²) in [7, 11) is 0. The van der Waals surface area contributed by atoms with Crippen LogP contribution in [0.25, 0.3) is 28.5 Å². The number of rotatable bonds is 6. The van der Waals surface area contributed by atoms with Crippen molar-refractivity contribution in [1.29, 1.82) is 0 Å². The van der Waals surface area contributed by atoms with Gasteiger partial charge in [-0.25, -0.2) is 0 Å². The predicted octanol–water partition coefficient (Wildman–Crippen LogP) is 9.30. The van der Waals surface area contributed by atoms with E-state index in [0.29, 0.717) is 0 Å². The summed E-state index contributed by atoms with van der Waals surface area (Å²) in [5.41, 5.74) is 10.3. The molecule has 45 heavy (non-hydrogen) atoms. The molecule has 0 saturated heterocycles. The van der Waals surface area contributed by atoms with Gasteiger partial charge in [0.05, 0.1) is 5.82 Å². The molecule has 6 aromatic rings. The van der Waals surface area contributed by atoms with Crippen molar-refractivity contribution in [3.63, 3.8) is 0 Å². The van der Waals surface area contributed by atoms with Crippen molar-refractivity contribution in [3.05, 3.63) is 151 Å². The number of fused-ring (bicyclic) bond motifs is 1. The first-order chi connectivity index (χ1) is 21.6. The predicted molar refractivity (Wildman–Crippen MR) is 181 cm³/mol. The first-order valence-electron chi connectivity index (χ1n) is 15.1. The standard InChI is InChI=1S/C23H20N3.C16H16N2.Ir/c1-16-10-7-8-15-20(16)23-25-24-22(19-13-5-4-6-14-19)26(23)21-17(2)11-9-12-18(21)3;1-2-12-17-13-18(14-8-4-3-5-9-14)16-11-7-6-10-15(16)17;/h4-13,15H,1-3H3;3-8,10-11,13H,2,12H2,1H3;/q-1;-2;+3. The molecule has 5 nitrogen and oxygen atoms in total. The fourth-order valence-electron chi connectivity index (χ4n) is 5.68. The first-order valence-corrected chi connectivity index (χ1v) is 15.1. The van der Waals surface area contributed by atoms with Crippen LogP contribution in [-0.2, 0) is 20.1 Å². The molecule has 1 aliphatic rings. The van der Waals surface area contributed by atoms with Gasteiger partial charge in [-0.1, -0.05) is 61.5 Å². The Kier molecular flexibility index (Phi) is 10.3. The summed E-state index contributed by atoms with van der Waals surface area (Å²) in [5, 5.41) is 9.12. The van der Waals surface area contributed by atoms with Crippen LogP contribution in [0.2, 0.25) is 0 Å². The second-order valence-corrected chi connectivity index (χ2v) is 10.9. The normalized spacial score (nSPS) is 11.8. The van der Waals surface area contributed by atoms with E-state index in [4.69, 9.17) is 0 Å². The van der Waals surface area contributed by atoms with E-state index >= 15 is 0 Å². The van der Waals surface area contributed by atoms with Crippen LogP contribution < -0.4 is 9.80 Å². The third-order valence-corrected chi connectivity index (χ3v) is 7.78. The molecular formula is C39H36IrN5. The number of benzene rings is 5. The topological polar surface area (TPSA) is 37.2 Å². The zero-order valence-corrected chi connectivity index (χ0v) is 28.4. The average molecular weight is 767 g/mol. The zero-order chi connectivity index (χ0) is 30.5. The number of aryl methyl sites for hydroxylation is 3. The van der Waals surface area contributed by atoms with Gasteiger partial charge in [-0.2, -0.15) is 42.1 Å². The van der Waals surface area contributed by atoms with E-state index in [-0.39, 0.29) is 20.1 Å². The van der Waals surface area contributed by atoms with Gasteiger partial charge in [0.2, 0.25) is 0 Å². The molecule has 0 radical (unpaired) electrons. The van der Waals surface area contributed by atoms with Crippen LogP contribution in [0.1, 0.15) is 30.0 Å². The van der Waals surface area contributed by atoms with Crippen molar-refractivity contribution in [2.24, 2.45) is 0 Å². The van der Waals surface area contributed by atoms with Crippen LogP contribution >= 0.6 is 0 Å². The van der Waals surface area contributed by atoms with Crippen LogP contribution in [-0.4, -0.2) is 21.3 Å². The van der Waals surface area contributed by atoms with Crippen molar-refractivity contribution >= 4 is 17.1 Å². The van der Waals surface area contributed by atoms with Gasteiger partial charge in [0, 0.05) is 22.6 Å². The number of nitrogens with zero attached hydrogens (tertiary/aromatic N) is 5. The third-order valence-electron chi connectivity index (χ3n) is 7.78. The molecule has 0 bridgehead atoms. The van der Waals surface area contributed by atoms with Gasteiger partial charge in [0.1, 0.15) is 0 Å². The Balaban J connectivity index is 0.000000185. The smallest absolute Gasteiger partial charge is 0.501 e. The summed E-state index contributed by atoms with van der Waals surface area (Å²) in [6.45, 7) is 11.8. The Bertz CT molecular complexity index is 1830. The minimum atomic E-state index is 0. The number of aromatic nitrogens is 3. The van der Waals surface area contributed by atoms with Crippen LogP contribution in [0.4, 0.5) is 17.1 Å². The van der Waals surface area contributed by atoms with Crippen LogP contribution in [0, 0.1) is 39.6 Å². The Morgan fingerprint density at radius 1 is 0.644 bits per heavy atom. The monoisotopic (exact) mass is 767 g/mol. The molecule has 6 heteroatoms. The number of hydrogen-bond donors (Lipinski definition) is 0. The summed E-state index contributed by atoms with van der Waals surface area (Å²) in [6, 6.07) is 45.7. The zero-order valence-electron chi connectivity index (χ0n) is 26.0. The fourth-order valence-corrected chi connectivity index (χ4v) is 5.68.